The average molecular weight is 196 g/mol. The monoisotopic (exact) mass is 196 g/mol. The van der Waals surface area contributed by atoms with E-state index in [-0.39, 0.29) is 6.04 Å². The molecule has 0 radical (unpaired) electrons. The number of nitrogens with one attached hydrogen (secondary N) is 1. The Morgan fingerprint density at radius 3 is 2.36 bits per heavy atom. The minimum Gasteiger partial charge on any atom is -0.303 e. The van der Waals surface area contributed by atoms with Crippen LogP contribution in [0.1, 0.15) is 33.6 Å². The Morgan fingerprint density at radius 2 is 1.93 bits per heavy atom. The summed E-state index contributed by atoms with van der Waals surface area (Å²) in [5, 5.41) is 3.39. The molecule has 14 heavy (non-hydrogen) atoms. The summed E-state index contributed by atoms with van der Waals surface area (Å²) in [6.07, 6.45) is 7.64. The van der Waals surface area contributed by atoms with Gasteiger partial charge in [0.2, 0.25) is 0 Å². The van der Waals surface area contributed by atoms with Crippen LogP contribution in [0.4, 0.5) is 0 Å². The molecule has 0 aliphatic rings. The van der Waals surface area contributed by atoms with Gasteiger partial charge in [0.15, 0.2) is 0 Å². The maximum absolute atomic E-state index is 5.41. The molecule has 0 aliphatic heterocycles. The van der Waals surface area contributed by atoms with Crippen LogP contribution in [0, 0.1) is 12.3 Å². The minimum atomic E-state index is 0.260. The molecule has 0 saturated carbocycles. The van der Waals surface area contributed by atoms with Gasteiger partial charge in [-0.2, -0.15) is 0 Å². The van der Waals surface area contributed by atoms with Crippen molar-refractivity contribution in [3.63, 3.8) is 0 Å². The van der Waals surface area contributed by atoms with Crippen molar-refractivity contribution in [2.45, 2.75) is 39.7 Å². The number of hydrogen-bond donors (Lipinski definition) is 1. The van der Waals surface area contributed by atoms with E-state index >= 15 is 0 Å². The molecule has 2 nitrogen and oxygen atoms in total. The van der Waals surface area contributed by atoms with Crippen LogP contribution in [0.15, 0.2) is 0 Å². The van der Waals surface area contributed by atoms with E-state index in [2.05, 4.69) is 36.9 Å². The first-order chi connectivity index (χ1) is 6.78. The zero-order valence-electron chi connectivity index (χ0n) is 9.84. The molecule has 0 aromatic carbocycles. The lowest BCUT2D eigenvalue weighted by molar-refractivity contribution is 0.299. The smallest absolute Gasteiger partial charge is 0.0687 e. The van der Waals surface area contributed by atoms with Crippen LogP contribution >= 0.6 is 0 Å². The van der Waals surface area contributed by atoms with Crippen LogP contribution in [-0.4, -0.2) is 37.1 Å². The summed E-state index contributed by atoms with van der Waals surface area (Å²) in [5.41, 5.74) is 0. The topological polar surface area (TPSA) is 15.3 Å². The highest BCUT2D eigenvalue weighted by atomic mass is 15.1. The molecule has 0 saturated heterocycles. The molecule has 0 aliphatic carbocycles. The minimum absolute atomic E-state index is 0.260. The van der Waals surface area contributed by atoms with Crippen molar-refractivity contribution in [2.75, 3.05) is 26.2 Å². The number of likely N-dealkylation sites (N-methyl/N-ethyl adjacent to an activating group) is 1. The van der Waals surface area contributed by atoms with Gasteiger partial charge in [-0.3, -0.25) is 0 Å². The number of hydrogen-bond acceptors (Lipinski definition) is 2. The van der Waals surface area contributed by atoms with Gasteiger partial charge in [0.1, 0.15) is 0 Å². The zero-order valence-corrected chi connectivity index (χ0v) is 9.84. The SMILES string of the molecule is C#CC(CCC)NCCN(CC)CC. The van der Waals surface area contributed by atoms with Gasteiger partial charge in [-0.1, -0.05) is 33.1 Å². The van der Waals surface area contributed by atoms with Gasteiger partial charge < -0.3 is 10.2 Å². The summed E-state index contributed by atoms with van der Waals surface area (Å²) in [5.74, 6) is 2.78. The van der Waals surface area contributed by atoms with Crippen LogP contribution in [0.3, 0.4) is 0 Å². The molecule has 0 heterocycles. The fourth-order valence-corrected chi connectivity index (χ4v) is 1.47. The van der Waals surface area contributed by atoms with Crippen molar-refractivity contribution in [2.24, 2.45) is 0 Å². The molecule has 1 unspecified atom stereocenters. The molecule has 82 valence electrons. The lowest BCUT2D eigenvalue weighted by atomic mass is 10.2. The molecule has 0 fully saturated rings. The van der Waals surface area contributed by atoms with Crippen molar-refractivity contribution in [1.29, 1.82) is 0 Å². The van der Waals surface area contributed by atoms with E-state index in [9.17, 15) is 0 Å². The Balaban J connectivity index is 3.55. The molecule has 0 spiro atoms. The Morgan fingerprint density at radius 1 is 1.29 bits per heavy atom. The Bertz CT molecular complexity index is 156. The van der Waals surface area contributed by atoms with E-state index in [1.54, 1.807) is 0 Å². The van der Waals surface area contributed by atoms with Crippen LogP contribution in [0.2, 0.25) is 0 Å². The lowest BCUT2D eigenvalue weighted by Gasteiger charge is -2.19. The number of nitrogens with zero attached hydrogens (tertiary/aromatic N) is 1. The molecule has 0 bridgehead atoms. The molecular weight excluding hydrogens is 172 g/mol. The first kappa shape index (κ1) is 13.5. The summed E-state index contributed by atoms with van der Waals surface area (Å²) in [4.78, 5) is 2.40. The van der Waals surface area contributed by atoms with Crippen molar-refractivity contribution in [3.8, 4) is 12.3 Å². The van der Waals surface area contributed by atoms with Crippen LogP contribution in [0.25, 0.3) is 0 Å². The third-order valence-corrected chi connectivity index (χ3v) is 2.49. The van der Waals surface area contributed by atoms with Gasteiger partial charge >= 0.3 is 0 Å². The number of terminal acetylenes is 1. The van der Waals surface area contributed by atoms with Crippen LogP contribution in [-0.2, 0) is 0 Å². The van der Waals surface area contributed by atoms with Crippen LogP contribution < -0.4 is 5.32 Å². The van der Waals surface area contributed by atoms with E-state index in [4.69, 9.17) is 6.42 Å². The van der Waals surface area contributed by atoms with Gasteiger partial charge in [0, 0.05) is 13.1 Å². The summed E-state index contributed by atoms with van der Waals surface area (Å²) in [6, 6.07) is 0.260. The largest absolute Gasteiger partial charge is 0.303 e. The van der Waals surface area contributed by atoms with Gasteiger partial charge in [-0.15, -0.1) is 6.42 Å². The average Bonchev–Trinajstić information content (AvgIpc) is 2.23. The standard InChI is InChI=1S/C12H24N2/c1-5-9-12(6-2)13-10-11-14(7-3)8-4/h2,12-13H,5,7-11H2,1,3-4H3. The summed E-state index contributed by atoms with van der Waals surface area (Å²) in [7, 11) is 0. The quantitative estimate of drug-likeness (QED) is 0.595. The second kappa shape index (κ2) is 9.05. The number of rotatable bonds is 8. The fraction of sp³-hybridized carbons (Fsp3) is 0.833. The van der Waals surface area contributed by atoms with Gasteiger partial charge in [0.25, 0.3) is 0 Å². The van der Waals surface area contributed by atoms with Gasteiger partial charge in [0.05, 0.1) is 6.04 Å². The third kappa shape index (κ3) is 6.01. The first-order valence-corrected chi connectivity index (χ1v) is 5.70. The Labute approximate surface area is 89.1 Å². The van der Waals surface area contributed by atoms with Crippen LogP contribution in [0.5, 0.6) is 0 Å². The summed E-state index contributed by atoms with van der Waals surface area (Å²) in [6.45, 7) is 10.9. The molecule has 2 heteroatoms. The van der Waals surface area contributed by atoms with E-state index < -0.39 is 0 Å². The third-order valence-electron chi connectivity index (χ3n) is 2.49. The van der Waals surface area contributed by atoms with Crippen molar-refractivity contribution in [1.82, 2.24) is 10.2 Å². The highest BCUT2D eigenvalue weighted by Crippen LogP contribution is 1.94. The maximum atomic E-state index is 5.41. The molecular formula is C12H24N2. The predicted molar refractivity (Wildman–Crippen MR) is 63.3 cm³/mol. The predicted octanol–water partition coefficient (Wildman–Crippen LogP) is 1.72. The van der Waals surface area contributed by atoms with Gasteiger partial charge in [-0.25, -0.2) is 0 Å². The normalized spacial score (nSPS) is 12.8. The highest BCUT2D eigenvalue weighted by molar-refractivity contribution is 4.98. The second-order valence-corrected chi connectivity index (χ2v) is 3.49. The Hall–Kier alpha value is -0.520. The molecule has 0 amide bonds. The van der Waals surface area contributed by atoms with Crippen molar-refractivity contribution >= 4 is 0 Å². The van der Waals surface area contributed by atoms with E-state index in [1.807, 2.05) is 0 Å². The summed E-state index contributed by atoms with van der Waals surface area (Å²) < 4.78 is 0. The highest BCUT2D eigenvalue weighted by Gasteiger charge is 2.03. The van der Waals surface area contributed by atoms with E-state index in [0.29, 0.717) is 0 Å². The molecule has 1 atom stereocenters. The van der Waals surface area contributed by atoms with Gasteiger partial charge in [-0.05, 0) is 19.5 Å². The fourth-order valence-electron chi connectivity index (χ4n) is 1.47. The maximum Gasteiger partial charge on any atom is 0.0687 e. The van der Waals surface area contributed by atoms with E-state index in [0.717, 1.165) is 39.0 Å². The van der Waals surface area contributed by atoms with E-state index in [1.165, 1.54) is 0 Å². The zero-order chi connectivity index (χ0) is 10.8. The molecule has 0 rings (SSSR count). The summed E-state index contributed by atoms with van der Waals surface area (Å²) >= 11 is 0. The van der Waals surface area contributed by atoms with Crippen molar-refractivity contribution < 1.29 is 0 Å². The lowest BCUT2D eigenvalue weighted by Crippen LogP contribution is -2.36. The molecule has 0 aromatic rings. The first-order valence-electron chi connectivity index (χ1n) is 5.70. The molecule has 1 N–H and O–H groups in total. The van der Waals surface area contributed by atoms with Crippen molar-refractivity contribution in [3.05, 3.63) is 0 Å². The Kier molecular flexibility index (Phi) is 8.72. The molecule has 0 aromatic heterocycles. The second-order valence-electron chi connectivity index (χ2n) is 3.49.